The van der Waals surface area contributed by atoms with Crippen molar-refractivity contribution in [3.63, 3.8) is 0 Å². The molecular weight excluding hydrogens is 324 g/mol. The third-order valence-corrected chi connectivity index (χ3v) is 5.76. The Labute approximate surface area is 153 Å². The Morgan fingerprint density at radius 2 is 1.73 bits per heavy atom. The van der Waals surface area contributed by atoms with Crippen LogP contribution in [0.15, 0.2) is 30.5 Å². The van der Waals surface area contributed by atoms with Crippen molar-refractivity contribution in [2.75, 3.05) is 18.0 Å². The zero-order valence-electron chi connectivity index (χ0n) is 15.0. The lowest BCUT2D eigenvalue weighted by atomic mass is 9.96. The van der Waals surface area contributed by atoms with Crippen LogP contribution in [0.5, 0.6) is 0 Å². The van der Waals surface area contributed by atoms with Gasteiger partial charge in [0.25, 0.3) is 0 Å². The van der Waals surface area contributed by atoms with Gasteiger partial charge >= 0.3 is 0 Å². The molecule has 0 bridgehead atoms. The van der Waals surface area contributed by atoms with Gasteiger partial charge in [-0.15, -0.1) is 10.2 Å². The van der Waals surface area contributed by atoms with E-state index in [0.717, 1.165) is 55.7 Å². The van der Waals surface area contributed by atoms with Crippen LogP contribution in [0.25, 0.3) is 11.0 Å². The van der Waals surface area contributed by atoms with Crippen molar-refractivity contribution in [3.8, 4) is 0 Å². The largest absolute Gasteiger partial charge is 0.355 e. The second-order valence-electron chi connectivity index (χ2n) is 7.41. The minimum atomic E-state index is 0.513. The number of anilines is 1. The Kier molecular flexibility index (Phi) is 4.03. The van der Waals surface area contributed by atoms with Gasteiger partial charge in [0.1, 0.15) is 17.5 Å². The fraction of sp³-hybridized carbons (Fsp3) is 0.500. The first-order chi connectivity index (χ1) is 12.9. The summed E-state index contributed by atoms with van der Waals surface area (Å²) in [4.78, 5) is 11.7. The van der Waals surface area contributed by atoms with Crippen LogP contribution >= 0.6 is 0 Å². The Morgan fingerprint density at radius 1 is 0.885 bits per heavy atom. The molecule has 0 atom stereocenters. The van der Waals surface area contributed by atoms with Gasteiger partial charge in [0, 0.05) is 32.0 Å². The number of para-hydroxylation sites is 2. The number of aromatic nitrogens is 5. The first-order valence-corrected chi connectivity index (χ1v) is 9.77. The number of fused-ring (bicyclic) bond motifs is 2. The summed E-state index contributed by atoms with van der Waals surface area (Å²) in [6, 6.07) is 8.06. The molecule has 0 saturated carbocycles. The van der Waals surface area contributed by atoms with Gasteiger partial charge in [0.15, 0.2) is 0 Å². The molecule has 3 aromatic rings. The average Bonchev–Trinajstić information content (AvgIpc) is 2.96. The molecule has 5 rings (SSSR count). The lowest BCUT2D eigenvalue weighted by molar-refractivity contribution is 0.458. The van der Waals surface area contributed by atoms with Gasteiger partial charge in [-0.1, -0.05) is 18.6 Å². The van der Waals surface area contributed by atoms with E-state index in [2.05, 4.69) is 24.6 Å². The van der Waals surface area contributed by atoms with E-state index in [-0.39, 0.29) is 0 Å². The van der Waals surface area contributed by atoms with Crippen LogP contribution in [0.4, 0.5) is 5.82 Å². The third-order valence-electron chi connectivity index (χ3n) is 5.76. The van der Waals surface area contributed by atoms with Gasteiger partial charge in [-0.3, -0.25) is 4.98 Å². The van der Waals surface area contributed by atoms with Crippen LogP contribution in [0.3, 0.4) is 0 Å². The van der Waals surface area contributed by atoms with Gasteiger partial charge in [0.2, 0.25) is 0 Å². The van der Waals surface area contributed by atoms with Crippen LogP contribution in [-0.4, -0.2) is 37.8 Å². The van der Waals surface area contributed by atoms with Gasteiger partial charge in [-0.25, -0.2) is 4.98 Å². The number of hydrogen-bond donors (Lipinski definition) is 0. The summed E-state index contributed by atoms with van der Waals surface area (Å²) in [5, 5.41) is 9.05. The molecule has 6 nitrogen and oxygen atoms in total. The number of piperidine rings is 1. The molecule has 0 unspecified atom stereocenters. The predicted molar refractivity (Wildman–Crippen MR) is 101 cm³/mol. The van der Waals surface area contributed by atoms with E-state index in [1.807, 2.05) is 30.5 Å². The van der Waals surface area contributed by atoms with Crippen LogP contribution in [0.2, 0.25) is 0 Å². The lowest BCUT2D eigenvalue weighted by Crippen LogP contribution is -2.34. The Hall–Kier alpha value is -2.50. The molecule has 26 heavy (non-hydrogen) atoms. The van der Waals surface area contributed by atoms with Crippen LogP contribution in [-0.2, 0) is 13.0 Å². The molecule has 0 radical (unpaired) electrons. The van der Waals surface area contributed by atoms with E-state index in [9.17, 15) is 0 Å². The fourth-order valence-electron chi connectivity index (χ4n) is 4.28. The van der Waals surface area contributed by atoms with Gasteiger partial charge in [-0.05, 0) is 37.8 Å². The van der Waals surface area contributed by atoms with E-state index < -0.39 is 0 Å². The maximum atomic E-state index is 4.80. The summed E-state index contributed by atoms with van der Waals surface area (Å²) in [7, 11) is 0. The molecule has 6 heteroatoms. The quantitative estimate of drug-likeness (QED) is 0.711. The Balaban J connectivity index is 1.32. The van der Waals surface area contributed by atoms with Crippen molar-refractivity contribution in [2.45, 2.75) is 51.0 Å². The topological polar surface area (TPSA) is 59.7 Å². The Morgan fingerprint density at radius 3 is 2.62 bits per heavy atom. The van der Waals surface area contributed by atoms with Crippen molar-refractivity contribution in [1.82, 2.24) is 24.7 Å². The molecule has 0 N–H and O–H groups in total. The molecular formula is C20H24N6. The van der Waals surface area contributed by atoms with Gasteiger partial charge in [-0.2, -0.15) is 0 Å². The summed E-state index contributed by atoms with van der Waals surface area (Å²) < 4.78 is 2.41. The molecule has 2 aromatic heterocycles. The zero-order chi connectivity index (χ0) is 17.3. The standard InChI is InChI=1S/C20H24N6/c1-2-8-18-23-24-20(26(18)11-5-1)15-9-12-25(13-10-15)19-14-21-16-6-3-4-7-17(16)22-19/h3-4,6-7,14-15H,1-2,5,8-13H2. The van der Waals surface area contributed by atoms with E-state index in [1.165, 1.54) is 30.9 Å². The normalized spacial score (nSPS) is 18.7. The summed E-state index contributed by atoms with van der Waals surface area (Å²) in [5.41, 5.74) is 1.92. The van der Waals surface area contributed by atoms with Crippen LogP contribution in [0.1, 0.15) is 49.7 Å². The van der Waals surface area contributed by atoms with Crippen molar-refractivity contribution in [3.05, 3.63) is 42.1 Å². The van der Waals surface area contributed by atoms with Crippen molar-refractivity contribution in [2.24, 2.45) is 0 Å². The number of rotatable bonds is 2. The molecule has 0 aliphatic carbocycles. The molecule has 1 saturated heterocycles. The molecule has 2 aliphatic rings. The Bertz CT molecular complexity index is 910. The maximum absolute atomic E-state index is 4.80. The van der Waals surface area contributed by atoms with Crippen molar-refractivity contribution < 1.29 is 0 Å². The fourth-order valence-corrected chi connectivity index (χ4v) is 4.28. The van der Waals surface area contributed by atoms with Gasteiger partial charge < -0.3 is 9.47 Å². The molecule has 1 aromatic carbocycles. The highest BCUT2D eigenvalue weighted by Crippen LogP contribution is 2.30. The highest BCUT2D eigenvalue weighted by molar-refractivity contribution is 5.75. The summed E-state index contributed by atoms with van der Waals surface area (Å²) in [6.07, 6.45) is 9.01. The summed E-state index contributed by atoms with van der Waals surface area (Å²) in [5.74, 6) is 3.91. The number of nitrogens with zero attached hydrogens (tertiary/aromatic N) is 6. The van der Waals surface area contributed by atoms with E-state index in [0.29, 0.717) is 5.92 Å². The third kappa shape index (κ3) is 2.83. The highest BCUT2D eigenvalue weighted by Gasteiger charge is 2.27. The molecule has 2 aliphatic heterocycles. The number of hydrogen-bond acceptors (Lipinski definition) is 5. The molecule has 0 spiro atoms. The first kappa shape index (κ1) is 15.7. The maximum Gasteiger partial charge on any atom is 0.147 e. The van der Waals surface area contributed by atoms with E-state index >= 15 is 0 Å². The van der Waals surface area contributed by atoms with Crippen molar-refractivity contribution >= 4 is 16.9 Å². The monoisotopic (exact) mass is 348 g/mol. The lowest BCUT2D eigenvalue weighted by Gasteiger charge is -2.32. The second kappa shape index (κ2) is 6.67. The smallest absolute Gasteiger partial charge is 0.147 e. The van der Waals surface area contributed by atoms with Crippen LogP contribution < -0.4 is 4.90 Å². The number of aryl methyl sites for hydroxylation is 1. The predicted octanol–water partition coefficient (Wildman–Crippen LogP) is 3.33. The summed E-state index contributed by atoms with van der Waals surface area (Å²) >= 11 is 0. The van der Waals surface area contributed by atoms with E-state index in [1.54, 1.807) is 0 Å². The molecule has 0 amide bonds. The SMILES string of the molecule is c1ccc2nc(N3CCC(c4nnc5n4CCCCC5)CC3)cnc2c1. The number of benzene rings is 1. The molecule has 134 valence electrons. The van der Waals surface area contributed by atoms with E-state index in [4.69, 9.17) is 4.98 Å². The summed E-state index contributed by atoms with van der Waals surface area (Å²) in [6.45, 7) is 3.09. The zero-order valence-corrected chi connectivity index (χ0v) is 15.0. The molecule has 4 heterocycles. The minimum absolute atomic E-state index is 0.513. The highest BCUT2D eigenvalue weighted by atomic mass is 15.3. The molecule has 1 fully saturated rings. The van der Waals surface area contributed by atoms with Crippen molar-refractivity contribution in [1.29, 1.82) is 0 Å². The first-order valence-electron chi connectivity index (χ1n) is 9.77. The average molecular weight is 348 g/mol. The minimum Gasteiger partial charge on any atom is -0.355 e. The van der Waals surface area contributed by atoms with Gasteiger partial charge in [0.05, 0.1) is 17.2 Å². The van der Waals surface area contributed by atoms with Crippen LogP contribution in [0, 0.1) is 0 Å². The second-order valence-corrected chi connectivity index (χ2v) is 7.41.